The van der Waals surface area contributed by atoms with E-state index in [1.807, 2.05) is 6.92 Å². The van der Waals surface area contributed by atoms with Crippen molar-refractivity contribution in [3.63, 3.8) is 0 Å². The number of carbonyl (C=O) groups excluding carboxylic acids is 1. The lowest BCUT2D eigenvalue weighted by Crippen LogP contribution is -2.04. The zero-order valence-corrected chi connectivity index (χ0v) is 11.4. The number of halogens is 1. The van der Waals surface area contributed by atoms with Gasteiger partial charge in [-0.2, -0.15) is 0 Å². The van der Waals surface area contributed by atoms with E-state index in [9.17, 15) is 4.79 Å². The van der Waals surface area contributed by atoms with Crippen molar-refractivity contribution in [3.8, 4) is 0 Å². The van der Waals surface area contributed by atoms with Gasteiger partial charge in [0.05, 0.1) is 6.61 Å². The molecule has 0 radical (unpaired) electrons. The first kappa shape index (κ1) is 14.9. The summed E-state index contributed by atoms with van der Waals surface area (Å²) in [6.45, 7) is 2.58. The van der Waals surface area contributed by atoms with Crippen LogP contribution in [0.3, 0.4) is 0 Å². The van der Waals surface area contributed by atoms with Gasteiger partial charge in [-0.3, -0.25) is 4.79 Å². The quantitative estimate of drug-likeness (QED) is 0.342. The molecule has 0 aromatic heterocycles. The van der Waals surface area contributed by atoms with Crippen LogP contribution < -0.4 is 0 Å². The second-order valence-electron chi connectivity index (χ2n) is 3.78. The highest BCUT2D eigenvalue weighted by Crippen LogP contribution is 2.08. The minimum Gasteiger partial charge on any atom is -0.466 e. The third-order valence-corrected chi connectivity index (χ3v) is 2.79. The number of alkyl halides is 1. The number of carbonyl (C=O) groups is 1. The Balaban J connectivity index is 3.06. The maximum atomic E-state index is 11.1. The Morgan fingerprint density at radius 3 is 2.27 bits per heavy atom. The molecule has 15 heavy (non-hydrogen) atoms. The van der Waals surface area contributed by atoms with Crippen molar-refractivity contribution >= 4 is 21.9 Å². The molecule has 0 bridgehead atoms. The van der Waals surface area contributed by atoms with E-state index >= 15 is 0 Å². The molecule has 0 heterocycles. The Hall–Kier alpha value is -0.0500. The average Bonchev–Trinajstić information content (AvgIpc) is 2.25. The SMILES string of the molecule is CCCOC(=O)CCCCCCCCBr. The fraction of sp³-hybridized carbons (Fsp3) is 0.917. The summed E-state index contributed by atoms with van der Waals surface area (Å²) in [5.74, 6) is -0.0303. The highest BCUT2D eigenvalue weighted by Gasteiger charge is 2.00. The first-order valence-electron chi connectivity index (χ1n) is 6.02. The van der Waals surface area contributed by atoms with Crippen LogP contribution in [0.4, 0.5) is 0 Å². The lowest BCUT2D eigenvalue weighted by molar-refractivity contribution is -0.143. The van der Waals surface area contributed by atoms with E-state index in [0.29, 0.717) is 13.0 Å². The van der Waals surface area contributed by atoms with Crippen LogP contribution in [0.5, 0.6) is 0 Å². The minimum absolute atomic E-state index is 0.0303. The topological polar surface area (TPSA) is 26.3 Å². The van der Waals surface area contributed by atoms with Crippen molar-refractivity contribution in [1.82, 2.24) is 0 Å². The fourth-order valence-corrected chi connectivity index (χ4v) is 1.76. The number of esters is 1. The maximum absolute atomic E-state index is 11.1. The number of unbranched alkanes of at least 4 members (excludes halogenated alkanes) is 5. The van der Waals surface area contributed by atoms with Gasteiger partial charge in [-0.15, -0.1) is 0 Å². The molecular weight excluding hydrogens is 256 g/mol. The van der Waals surface area contributed by atoms with E-state index in [-0.39, 0.29) is 5.97 Å². The van der Waals surface area contributed by atoms with E-state index < -0.39 is 0 Å². The molecule has 3 heteroatoms. The Morgan fingerprint density at radius 1 is 1.07 bits per heavy atom. The molecule has 0 amide bonds. The highest BCUT2D eigenvalue weighted by molar-refractivity contribution is 9.09. The molecule has 0 fully saturated rings. The largest absolute Gasteiger partial charge is 0.466 e. The molecular formula is C12H23BrO2. The van der Waals surface area contributed by atoms with Gasteiger partial charge in [0.15, 0.2) is 0 Å². The summed E-state index contributed by atoms with van der Waals surface area (Å²) in [7, 11) is 0. The predicted molar refractivity (Wildman–Crippen MR) is 67.4 cm³/mol. The zero-order valence-electron chi connectivity index (χ0n) is 9.77. The first-order chi connectivity index (χ1) is 7.31. The molecule has 0 saturated heterocycles. The molecule has 0 aromatic rings. The van der Waals surface area contributed by atoms with Gasteiger partial charge in [-0.05, 0) is 19.3 Å². The van der Waals surface area contributed by atoms with E-state index in [1.165, 1.54) is 25.7 Å². The predicted octanol–water partition coefficient (Wildman–Crippen LogP) is 4.07. The third kappa shape index (κ3) is 11.9. The smallest absolute Gasteiger partial charge is 0.305 e. The van der Waals surface area contributed by atoms with Crippen LogP contribution in [0.15, 0.2) is 0 Å². The van der Waals surface area contributed by atoms with Crippen molar-refractivity contribution in [2.45, 2.75) is 58.3 Å². The molecule has 0 rings (SSSR count). The summed E-state index contributed by atoms with van der Waals surface area (Å²) in [6.07, 6.45) is 8.74. The molecule has 0 aliphatic rings. The van der Waals surface area contributed by atoms with Crippen molar-refractivity contribution in [2.24, 2.45) is 0 Å². The number of hydrogen-bond acceptors (Lipinski definition) is 2. The summed E-state index contributed by atoms with van der Waals surface area (Å²) < 4.78 is 4.99. The number of ether oxygens (including phenoxy) is 1. The van der Waals surface area contributed by atoms with Crippen LogP contribution in [-0.2, 0) is 9.53 Å². The second-order valence-corrected chi connectivity index (χ2v) is 4.57. The second kappa shape index (κ2) is 12.0. The molecule has 0 aliphatic carbocycles. The molecule has 0 unspecified atom stereocenters. The number of rotatable bonds is 10. The van der Waals surface area contributed by atoms with E-state index in [0.717, 1.165) is 24.6 Å². The summed E-state index contributed by atoms with van der Waals surface area (Å²) >= 11 is 3.41. The fourth-order valence-electron chi connectivity index (χ4n) is 1.36. The van der Waals surface area contributed by atoms with Crippen molar-refractivity contribution < 1.29 is 9.53 Å². The highest BCUT2D eigenvalue weighted by atomic mass is 79.9. The van der Waals surface area contributed by atoms with Gasteiger partial charge in [0.2, 0.25) is 0 Å². The van der Waals surface area contributed by atoms with Crippen LogP contribution in [0, 0.1) is 0 Å². The van der Waals surface area contributed by atoms with Gasteiger partial charge in [0.25, 0.3) is 0 Å². The first-order valence-corrected chi connectivity index (χ1v) is 7.15. The Labute approximate surface area is 102 Å². The van der Waals surface area contributed by atoms with Crippen LogP contribution in [-0.4, -0.2) is 17.9 Å². The summed E-state index contributed by atoms with van der Waals surface area (Å²) in [6, 6.07) is 0. The Bertz CT molecular complexity index is 149. The lowest BCUT2D eigenvalue weighted by atomic mass is 10.1. The summed E-state index contributed by atoms with van der Waals surface area (Å²) in [5, 5.41) is 1.11. The van der Waals surface area contributed by atoms with Crippen LogP contribution in [0.25, 0.3) is 0 Å². The van der Waals surface area contributed by atoms with Gasteiger partial charge in [0, 0.05) is 11.8 Å². The van der Waals surface area contributed by atoms with Crippen LogP contribution >= 0.6 is 15.9 Å². The summed E-state index contributed by atoms with van der Waals surface area (Å²) in [4.78, 5) is 11.1. The maximum Gasteiger partial charge on any atom is 0.305 e. The van der Waals surface area contributed by atoms with Crippen molar-refractivity contribution in [1.29, 1.82) is 0 Å². The molecule has 90 valence electrons. The Kier molecular flexibility index (Phi) is 12.0. The molecule has 0 saturated carbocycles. The molecule has 0 aliphatic heterocycles. The molecule has 0 spiro atoms. The lowest BCUT2D eigenvalue weighted by Gasteiger charge is -2.02. The Morgan fingerprint density at radius 2 is 1.67 bits per heavy atom. The van der Waals surface area contributed by atoms with Crippen LogP contribution in [0.1, 0.15) is 58.3 Å². The van der Waals surface area contributed by atoms with Gasteiger partial charge < -0.3 is 4.74 Å². The van der Waals surface area contributed by atoms with Gasteiger partial charge in [0.1, 0.15) is 0 Å². The van der Waals surface area contributed by atoms with Crippen molar-refractivity contribution in [3.05, 3.63) is 0 Å². The molecule has 0 N–H and O–H groups in total. The van der Waals surface area contributed by atoms with Crippen molar-refractivity contribution in [2.75, 3.05) is 11.9 Å². The summed E-state index contributed by atoms with van der Waals surface area (Å²) in [5.41, 5.74) is 0. The van der Waals surface area contributed by atoms with E-state index in [1.54, 1.807) is 0 Å². The molecule has 0 atom stereocenters. The molecule has 2 nitrogen and oxygen atoms in total. The van der Waals surface area contributed by atoms with E-state index in [2.05, 4.69) is 15.9 Å². The monoisotopic (exact) mass is 278 g/mol. The van der Waals surface area contributed by atoms with Gasteiger partial charge >= 0.3 is 5.97 Å². The third-order valence-electron chi connectivity index (χ3n) is 2.23. The minimum atomic E-state index is -0.0303. The standard InChI is InChI=1S/C12H23BrO2/c1-2-11-15-12(14)9-7-5-3-4-6-8-10-13/h2-11H2,1H3. The molecule has 0 aromatic carbocycles. The number of hydrogen-bond donors (Lipinski definition) is 0. The normalized spacial score (nSPS) is 10.3. The van der Waals surface area contributed by atoms with Crippen LogP contribution in [0.2, 0.25) is 0 Å². The van der Waals surface area contributed by atoms with Gasteiger partial charge in [-0.25, -0.2) is 0 Å². The average molecular weight is 279 g/mol. The van der Waals surface area contributed by atoms with E-state index in [4.69, 9.17) is 4.74 Å². The van der Waals surface area contributed by atoms with Gasteiger partial charge in [-0.1, -0.05) is 48.5 Å². The zero-order chi connectivity index (χ0) is 11.4.